The molecule has 0 unspecified atom stereocenters. The minimum atomic E-state index is -0.131. The number of morpholine rings is 1. The van der Waals surface area contributed by atoms with Gasteiger partial charge in [-0.1, -0.05) is 18.2 Å². The second-order valence-electron chi connectivity index (χ2n) is 9.14. The Morgan fingerprint density at radius 3 is 2.76 bits per heavy atom. The van der Waals surface area contributed by atoms with Crippen molar-refractivity contribution >= 4 is 11.4 Å². The molecule has 0 atom stereocenters. The molecule has 188 valence electrons. The maximum atomic E-state index is 12.6. The molecule has 37 heavy (non-hydrogen) atoms. The van der Waals surface area contributed by atoms with Crippen LogP contribution >= 0.6 is 0 Å². The lowest BCUT2D eigenvalue weighted by molar-refractivity contribution is 0.122. The Kier molecular flexibility index (Phi) is 6.24. The van der Waals surface area contributed by atoms with Crippen molar-refractivity contribution in [3.05, 3.63) is 93.9 Å². The second kappa shape index (κ2) is 9.99. The molecule has 0 bridgehead atoms. The zero-order valence-corrected chi connectivity index (χ0v) is 20.6. The number of nitrogens with one attached hydrogen (secondary N) is 2. The third kappa shape index (κ3) is 4.88. The molecule has 8 nitrogen and oxygen atoms in total. The molecule has 2 aromatic heterocycles. The molecule has 6 rings (SSSR count). The van der Waals surface area contributed by atoms with Crippen LogP contribution in [-0.2, 0) is 17.7 Å². The Bertz CT molecular complexity index is 1490. The molecule has 2 aliphatic heterocycles. The van der Waals surface area contributed by atoms with Crippen molar-refractivity contribution in [2.75, 3.05) is 43.6 Å². The van der Waals surface area contributed by atoms with Gasteiger partial charge in [0.1, 0.15) is 11.5 Å². The third-order valence-electron chi connectivity index (χ3n) is 6.71. The van der Waals surface area contributed by atoms with Crippen molar-refractivity contribution in [1.29, 1.82) is 0 Å². The number of fused-ring (bicyclic) bond motifs is 2. The van der Waals surface area contributed by atoms with Crippen LogP contribution in [-0.4, -0.2) is 43.4 Å². The number of hydrogen-bond acceptors (Lipinski definition) is 7. The van der Waals surface area contributed by atoms with E-state index in [9.17, 15) is 4.79 Å². The predicted octanol–water partition coefficient (Wildman–Crippen LogP) is 4.59. The first-order chi connectivity index (χ1) is 18.2. The van der Waals surface area contributed by atoms with E-state index < -0.39 is 0 Å². The summed E-state index contributed by atoms with van der Waals surface area (Å²) >= 11 is 0. The molecule has 0 aliphatic carbocycles. The molecule has 4 heterocycles. The largest absolute Gasteiger partial charge is 0.481 e. The molecule has 0 saturated carbocycles. The van der Waals surface area contributed by atoms with E-state index in [-0.39, 0.29) is 5.56 Å². The van der Waals surface area contributed by atoms with Crippen LogP contribution in [0.15, 0.2) is 71.5 Å². The van der Waals surface area contributed by atoms with Crippen LogP contribution in [0.4, 0.5) is 11.4 Å². The molecular weight excluding hydrogens is 468 g/mol. The van der Waals surface area contributed by atoms with Gasteiger partial charge in [0, 0.05) is 54.1 Å². The van der Waals surface area contributed by atoms with E-state index >= 15 is 0 Å². The van der Waals surface area contributed by atoms with E-state index in [4.69, 9.17) is 14.2 Å². The van der Waals surface area contributed by atoms with Gasteiger partial charge in [0.05, 0.1) is 38.3 Å². The molecular formula is C29H28N4O4. The molecule has 8 heteroatoms. The van der Waals surface area contributed by atoms with E-state index in [2.05, 4.69) is 32.3 Å². The van der Waals surface area contributed by atoms with E-state index in [1.807, 2.05) is 48.5 Å². The first-order valence-electron chi connectivity index (χ1n) is 12.4. The third-order valence-corrected chi connectivity index (χ3v) is 6.71. The summed E-state index contributed by atoms with van der Waals surface area (Å²) in [5.41, 5.74) is 6.47. The fraction of sp³-hybridized carbons (Fsp3) is 0.241. The Morgan fingerprint density at radius 2 is 1.89 bits per heavy atom. The van der Waals surface area contributed by atoms with Gasteiger partial charge in [-0.3, -0.25) is 4.79 Å². The van der Waals surface area contributed by atoms with Crippen LogP contribution in [0.1, 0.15) is 16.8 Å². The van der Waals surface area contributed by atoms with Gasteiger partial charge >= 0.3 is 0 Å². The number of para-hydroxylation sites is 1. The Labute approximate surface area is 214 Å². The summed E-state index contributed by atoms with van der Waals surface area (Å²) in [6.45, 7) is 3.45. The first kappa shape index (κ1) is 23.1. The van der Waals surface area contributed by atoms with E-state index in [1.165, 1.54) is 0 Å². The highest BCUT2D eigenvalue weighted by Gasteiger charge is 2.22. The highest BCUT2D eigenvalue weighted by atomic mass is 16.5. The Morgan fingerprint density at radius 1 is 1.03 bits per heavy atom. The van der Waals surface area contributed by atoms with Crippen molar-refractivity contribution in [1.82, 2.24) is 9.97 Å². The van der Waals surface area contributed by atoms with Crippen LogP contribution in [0.3, 0.4) is 0 Å². The summed E-state index contributed by atoms with van der Waals surface area (Å²) in [6, 6.07) is 21.6. The molecule has 0 spiro atoms. The van der Waals surface area contributed by atoms with E-state index in [1.54, 1.807) is 13.2 Å². The Balaban J connectivity index is 1.25. The summed E-state index contributed by atoms with van der Waals surface area (Å²) in [6.07, 6.45) is 0.735. The topological polar surface area (TPSA) is 88.7 Å². The number of nitrogens with zero attached hydrogens (tertiary/aromatic N) is 2. The first-order valence-corrected chi connectivity index (χ1v) is 12.4. The number of hydrogen-bond donors (Lipinski definition) is 2. The quantitative estimate of drug-likeness (QED) is 0.355. The van der Waals surface area contributed by atoms with Gasteiger partial charge in [-0.2, -0.15) is 0 Å². The molecule has 0 amide bonds. The van der Waals surface area contributed by atoms with Crippen molar-refractivity contribution < 1.29 is 14.2 Å². The lowest BCUT2D eigenvalue weighted by atomic mass is 9.96. The summed E-state index contributed by atoms with van der Waals surface area (Å²) < 4.78 is 17.1. The van der Waals surface area contributed by atoms with Gasteiger partial charge in [-0.25, -0.2) is 4.98 Å². The number of pyridine rings is 2. The van der Waals surface area contributed by atoms with Crippen LogP contribution in [0.5, 0.6) is 17.4 Å². The summed E-state index contributed by atoms with van der Waals surface area (Å²) in [5, 5.41) is 3.44. The molecule has 2 aliphatic rings. The van der Waals surface area contributed by atoms with Crippen molar-refractivity contribution in [2.24, 2.45) is 0 Å². The zero-order chi connectivity index (χ0) is 25.2. The average Bonchev–Trinajstić information content (AvgIpc) is 2.95. The highest BCUT2D eigenvalue weighted by molar-refractivity contribution is 5.74. The summed E-state index contributed by atoms with van der Waals surface area (Å²) in [4.78, 5) is 22.2. The lowest BCUT2D eigenvalue weighted by Crippen LogP contribution is -2.36. The Hall–Kier alpha value is -4.30. The fourth-order valence-corrected chi connectivity index (χ4v) is 4.84. The van der Waals surface area contributed by atoms with E-state index in [0.29, 0.717) is 25.6 Å². The molecule has 4 aromatic rings. The smallest absolute Gasteiger partial charge is 0.250 e. The standard InChI is InChI=1S/C29H28N4O4/c1-35-28-7-3-5-22(31-28)18-30-21-8-9-26-20(15-21)14-19-4-2-6-24(29(19)37-26)25-16-23(17-27(34)32-25)33-10-12-36-13-11-33/h2-9,15-17,30H,10-14,18H2,1H3,(H,32,34). The minimum Gasteiger partial charge on any atom is -0.481 e. The number of H-pyrrole nitrogens is 1. The monoisotopic (exact) mass is 496 g/mol. The number of rotatable bonds is 6. The highest BCUT2D eigenvalue weighted by Crippen LogP contribution is 2.43. The zero-order valence-electron chi connectivity index (χ0n) is 20.6. The molecule has 1 fully saturated rings. The van der Waals surface area contributed by atoms with Gasteiger partial charge in [0.2, 0.25) is 11.4 Å². The van der Waals surface area contributed by atoms with Crippen LogP contribution < -0.4 is 25.2 Å². The predicted molar refractivity (Wildman–Crippen MR) is 143 cm³/mol. The average molecular weight is 497 g/mol. The second-order valence-corrected chi connectivity index (χ2v) is 9.14. The summed E-state index contributed by atoms with van der Waals surface area (Å²) in [5.74, 6) is 2.20. The summed E-state index contributed by atoms with van der Waals surface area (Å²) in [7, 11) is 1.62. The fourth-order valence-electron chi connectivity index (χ4n) is 4.84. The molecule has 1 saturated heterocycles. The van der Waals surface area contributed by atoms with Gasteiger partial charge in [0.15, 0.2) is 0 Å². The SMILES string of the molecule is COc1cccc(CNc2ccc3c(c2)Cc2cccc(-c4cc(N5CCOCC5)cc(=O)[nH]4)c2O3)n1. The van der Waals surface area contributed by atoms with Gasteiger partial charge in [-0.15, -0.1) is 0 Å². The van der Waals surface area contributed by atoms with Crippen molar-refractivity contribution in [3.8, 4) is 28.6 Å². The van der Waals surface area contributed by atoms with Gasteiger partial charge < -0.3 is 29.4 Å². The molecule has 0 radical (unpaired) electrons. The maximum Gasteiger partial charge on any atom is 0.250 e. The van der Waals surface area contributed by atoms with Crippen LogP contribution in [0.25, 0.3) is 11.3 Å². The van der Waals surface area contributed by atoms with Crippen molar-refractivity contribution in [2.45, 2.75) is 13.0 Å². The number of benzene rings is 2. The van der Waals surface area contributed by atoms with Crippen molar-refractivity contribution in [3.63, 3.8) is 0 Å². The molecule has 2 aromatic carbocycles. The van der Waals surface area contributed by atoms with Gasteiger partial charge in [-0.05, 0) is 42.0 Å². The lowest BCUT2D eigenvalue weighted by Gasteiger charge is -2.29. The number of aromatic amines is 1. The number of methoxy groups -OCH3 is 1. The molecule has 2 N–H and O–H groups in total. The van der Waals surface area contributed by atoms with Crippen LogP contribution in [0.2, 0.25) is 0 Å². The maximum absolute atomic E-state index is 12.6. The van der Waals surface area contributed by atoms with Crippen LogP contribution in [0, 0.1) is 0 Å². The normalized spacial score (nSPS) is 14.4. The van der Waals surface area contributed by atoms with E-state index in [0.717, 1.165) is 70.5 Å². The van der Waals surface area contributed by atoms with Gasteiger partial charge in [0.25, 0.3) is 0 Å². The number of ether oxygens (including phenoxy) is 3. The number of anilines is 2. The minimum absolute atomic E-state index is 0.131. The number of aromatic nitrogens is 2.